The number of phenolic OH excluding ortho intramolecular Hbond substituents is 1. The van der Waals surface area contributed by atoms with Crippen molar-refractivity contribution >= 4 is 23.2 Å². The smallest absolute Gasteiger partial charge is 0.255 e. The number of nitrogens with two attached hydrogens (primary N) is 1. The molecule has 0 saturated heterocycles. The predicted molar refractivity (Wildman–Crippen MR) is 149 cm³/mol. The van der Waals surface area contributed by atoms with Crippen molar-refractivity contribution < 1.29 is 34.8 Å². The number of rotatable bonds is 3. The molecule has 3 aliphatic rings. The third kappa shape index (κ3) is 3.83. The number of ketones is 2. The first-order valence-corrected chi connectivity index (χ1v) is 13.2. The number of hydrogen-bond acceptors (Lipinski definition) is 8. The van der Waals surface area contributed by atoms with E-state index in [1.807, 2.05) is 70.1 Å². The van der Waals surface area contributed by atoms with Gasteiger partial charge in [0.2, 0.25) is 5.78 Å². The van der Waals surface area contributed by atoms with E-state index < -0.39 is 57.4 Å². The summed E-state index contributed by atoms with van der Waals surface area (Å²) in [5.41, 5.74) is 4.99. The number of hydrogen-bond donors (Lipinski definition) is 5. The van der Waals surface area contributed by atoms with E-state index in [1.165, 1.54) is 0 Å². The number of phenols is 1. The average molecular weight is 547 g/mol. The van der Waals surface area contributed by atoms with E-state index in [4.69, 9.17) is 5.73 Å². The highest BCUT2D eigenvalue weighted by Gasteiger charge is 2.59. The van der Waals surface area contributed by atoms with Crippen molar-refractivity contribution in [3.05, 3.63) is 69.7 Å². The maximum Gasteiger partial charge on any atom is 0.255 e. The minimum Gasteiger partial charge on any atom is -0.511 e. The lowest BCUT2D eigenvalue weighted by atomic mass is 9.59. The third-order valence-electron chi connectivity index (χ3n) is 8.56. The zero-order chi connectivity index (χ0) is 29.5. The van der Waals surface area contributed by atoms with E-state index in [-0.39, 0.29) is 36.1 Å². The number of allylic oxidation sites excluding steroid dienone is 2. The largest absolute Gasteiger partial charge is 0.511 e. The van der Waals surface area contributed by atoms with Gasteiger partial charge in [-0.15, -0.1) is 0 Å². The molecule has 0 radical (unpaired) electrons. The Morgan fingerprint density at radius 2 is 1.68 bits per heavy atom. The van der Waals surface area contributed by atoms with Crippen molar-refractivity contribution in [1.82, 2.24) is 0 Å². The molecule has 0 fully saturated rings. The number of carbonyl (C=O) groups excluding carboxylic acids is 3. The summed E-state index contributed by atoms with van der Waals surface area (Å²) >= 11 is 0. The lowest BCUT2D eigenvalue weighted by Gasteiger charge is -2.46. The van der Waals surface area contributed by atoms with E-state index in [9.17, 15) is 34.8 Å². The van der Waals surface area contributed by atoms with E-state index in [0.29, 0.717) is 11.1 Å². The fourth-order valence-electron chi connectivity index (χ4n) is 6.46. The van der Waals surface area contributed by atoms with Gasteiger partial charge < -0.3 is 31.1 Å². The number of anilines is 1. The summed E-state index contributed by atoms with van der Waals surface area (Å²) in [6, 6.07) is 9.74. The Balaban J connectivity index is 1.74. The first-order chi connectivity index (χ1) is 18.6. The van der Waals surface area contributed by atoms with Gasteiger partial charge in [-0.25, -0.2) is 0 Å². The fraction of sp³-hybridized carbons (Fsp3) is 0.387. The Kier molecular flexibility index (Phi) is 6.15. The molecule has 0 saturated carbocycles. The van der Waals surface area contributed by atoms with Gasteiger partial charge in [0.05, 0.1) is 5.56 Å². The summed E-state index contributed by atoms with van der Waals surface area (Å²) in [5, 5.41) is 44.7. The van der Waals surface area contributed by atoms with Gasteiger partial charge in [-0.1, -0.05) is 32.9 Å². The monoisotopic (exact) mass is 546 g/mol. The van der Waals surface area contributed by atoms with Gasteiger partial charge in [-0.3, -0.25) is 14.4 Å². The van der Waals surface area contributed by atoms with Crippen molar-refractivity contribution in [3.63, 3.8) is 0 Å². The molecule has 0 spiro atoms. The van der Waals surface area contributed by atoms with Crippen molar-refractivity contribution in [2.75, 3.05) is 19.0 Å². The molecule has 3 aliphatic carbocycles. The third-order valence-corrected chi connectivity index (χ3v) is 8.56. The number of aliphatic hydroxyl groups excluding tert-OH is 2. The number of aliphatic hydroxyl groups is 3. The van der Waals surface area contributed by atoms with E-state index in [2.05, 4.69) is 0 Å². The van der Waals surface area contributed by atoms with Crippen LogP contribution in [0.5, 0.6) is 5.75 Å². The highest BCUT2D eigenvalue weighted by Crippen LogP contribution is 2.53. The van der Waals surface area contributed by atoms with Crippen LogP contribution < -0.4 is 10.6 Å². The van der Waals surface area contributed by atoms with Crippen LogP contribution in [0.1, 0.15) is 55.1 Å². The van der Waals surface area contributed by atoms with Crippen molar-refractivity contribution in [3.8, 4) is 16.9 Å². The summed E-state index contributed by atoms with van der Waals surface area (Å²) in [7, 11) is 3.88. The zero-order valence-electron chi connectivity index (χ0n) is 23.2. The second-order valence-corrected chi connectivity index (χ2v) is 12.3. The fourth-order valence-corrected chi connectivity index (χ4v) is 6.46. The summed E-state index contributed by atoms with van der Waals surface area (Å²) in [5.74, 6) is -6.32. The van der Waals surface area contributed by atoms with Crippen molar-refractivity contribution in [2.24, 2.45) is 17.6 Å². The van der Waals surface area contributed by atoms with Gasteiger partial charge in [0.15, 0.2) is 11.4 Å². The summed E-state index contributed by atoms with van der Waals surface area (Å²) < 4.78 is 0. The van der Waals surface area contributed by atoms with Crippen LogP contribution in [-0.4, -0.2) is 57.6 Å². The first-order valence-electron chi connectivity index (χ1n) is 13.2. The van der Waals surface area contributed by atoms with Gasteiger partial charge in [0, 0.05) is 43.3 Å². The average Bonchev–Trinajstić information content (AvgIpc) is 2.85. The number of carbonyl (C=O) groups is 3. The number of aromatic hydroxyl groups is 1. The molecule has 0 heterocycles. The number of amides is 1. The SMILES string of the molecule is CN(C)c1ccc(-c2cc(C(C)(C)C)c(O)c3c2C[C@H]2C[C@H]4CC(O)=C(C(N)=O)C(=O)[C@@]4(O)C(O)=C2C3=O)cc1. The van der Waals surface area contributed by atoms with Crippen LogP contribution in [0.15, 0.2) is 53.0 Å². The molecule has 0 aliphatic heterocycles. The van der Waals surface area contributed by atoms with Crippen molar-refractivity contribution in [1.29, 1.82) is 0 Å². The predicted octanol–water partition coefficient (Wildman–Crippen LogP) is 3.61. The lowest BCUT2D eigenvalue weighted by Crippen LogP contribution is -2.57. The number of fused-ring (bicyclic) bond motifs is 3. The summed E-state index contributed by atoms with van der Waals surface area (Å²) in [6.07, 6.45) is 0.0727. The van der Waals surface area contributed by atoms with E-state index in [0.717, 1.165) is 16.8 Å². The van der Waals surface area contributed by atoms with Gasteiger partial charge in [-0.05, 0) is 59.1 Å². The van der Waals surface area contributed by atoms with Crippen LogP contribution in [-0.2, 0) is 21.4 Å². The minimum atomic E-state index is -2.59. The normalized spacial score (nSPS) is 24.4. The van der Waals surface area contributed by atoms with Gasteiger partial charge >= 0.3 is 0 Å². The topological polar surface area (TPSA) is 161 Å². The molecular weight excluding hydrogens is 512 g/mol. The Morgan fingerprint density at radius 1 is 1.05 bits per heavy atom. The Bertz CT molecular complexity index is 1540. The second kappa shape index (κ2) is 8.96. The second-order valence-electron chi connectivity index (χ2n) is 12.3. The van der Waals surface area contributed by atoms with Crippen molar-refractivity contribution in [2.45, 2.75) is 51.0 Å². The molecule has 6 N–H and O–H groups in total. The molecule has 2 aromatic rings. The minimum absolute atomic E-state index is 0.0238. The van der Waals surface area contributed by atoms with E-state index >= 15 is 0 Å². The molecule has 5 rings (SSSR count). The zero-order valence-corrected chi connectivity index (χ0v) is 23.2. The van der Waals surface area contributed by atoms with Gasteiger partial charge in [0.1, 0.15) is 22.8 Å². The van der Waals surface area contributed by atoms with Crippen LogP contribution in [0, 0.1) is 11.8 Å². The van der Waals surface area contributed by atoms with Crippen LogP contribution in [0.2, 0.25) is 0 Å². The Labute approximate surface area is 232 Å². The number of benzene rings is 2. The van der Waals surface area contributed by atoms with Crippen LogP contribution >= 0.6 is 0 Å². The molecular formula is C31H34N2O7. The van der Waals surface area contributed by atoms with Crippen LogP contribution in [0.4, 0.5) is 5.69 Å². The Morgan fingerprint density at radius 3 is 2.23 bits per heavy atom. The van der Waals surface area contributed by atoms with Gasteiger partial charge in [0.25, 0.3) is 5.91 Å². The molecule has 40 heavy (non-hydrogen) atoms. The number of primary amides is 1. The number of nitrogens with zero attached hydrogens (tertiary/aromatic N) is 1. The molecule has 2 aromatic carbocycles. The highest BCUT2D eigenvalue weighted by molar-refractivity contribution is 6.24. The molecule has 0 bridgehead atoms. The standard InChI is InChI=1S/C31H34N2O7/c1-30(2,3)20-13-18(14-6-8-17(9-7-14)33(4)5)19-11-15-10-16-12-21(34)24(29(32)39)28(38)31(16,40)27(37)22(15)26(36)23(19)25(20)35/h6-9,13,15-16,34-35,37,40H,10-12H2,1-5H3,(H2,32,39)/t15-,16+,31+/m1/s1. The Hall–Kier alpha value is -4.11. The maximum absolute atomic E-state index is 14.1. The van der Waals surface area contributed by atoms with Crippen LogP contribution in [0.25, 0.3) is 11.1 Å². The van der Waals surface area contributed by atoms with Crippen LogP contribution in [0.3, 0.4) is 0 Å². The van der Waals surface area contributed by atoms with E-state index in [1.54, 1.807) is 0 Å². The molecule has 9 heteroatoms. The summed E-state index contributed by atoms with van der Waals surface area (Å²) in [4.78, 5) is 41.2. The van der Waals surface area contributed by atoms with Gasteiger partial charge in [-0.2, -0.15) is 0 Å². The first kappa shape index (κ1) is 27.5. The molecule has 0 aromatic heterocycles. The molecule has 0 unspecified atom stereocenters. The molecule has 9 nitrogen and oxygen atoms in total. The molecule has 210 valence electrons. The molecule has 1 amide bonds. The maximum atomic E-state index is 14.1. The molecule has 3 atom stereocenters. The summed E-state index contributed by atoms with van der Waals surface area (Å²) in [6.45, 7) is 5.75. The lowest BCUT2D eigenvalue weighted by molar-refractivity contribution is -0.144. The quantitative estimate of drug-likeness (QED) is 0.365. The number of Topliss-reactive ketones (excluding diaryl/α,β-unsaturated/α-hetero) is 2. The highest BCUT2D eigenvalue weighted by atomic mass is 16.3.